The van der Waals surface area contributed by atoms with E-state index in [2.05, 4.69) is 20.0 Å². The van der Waals surface area contributed by atoms with E-state index in [1.54, 1.807) is 18.2 Å². The number of carbonyl (C=O) groups excluding carboxylic acids is 1. The maximum atomic E-state index is 12.7. The number of rotatable bonds is 6. The number of hydrogen-bond acceptors (Lipinski definition) is 5. The molecule has 6 nitrogen and oxygen atoms in total. The fourth-order valence-corrected chi connectivity index (χ4v) is 4.14. The van der Waals surface area contributed by atoms with Gasteiger partial charge in [-0.3, -0.25) is 14.9 Å². The first-order valence-electron chi connectivity index (χ1n) is 9.94. The van der Waals surface area contributed by atoms with Crippen LogP contribution >= 0.6 is 11.3 Å². The SMILES string of the molecule is Cc1cccc(-c2ccc(C(=O)Nc3nc(-c4ccc(OC(F)F)cc4)c(C)s3)c(=O)[nH]2)c1. The number of H-pyrrole nitrogens is 1. The van der Waals surface area contributed by atoms with Gasteiger partial charge in [-0.2, -0.15) is 8.78 Å². The van der Waals surface area contributed by atoms with E-state index in [0.717, 1.165) is 16.0 Å². The summed E-state index contributed by atoms with van der Waals surface area (Å²) < 4.78 is 29.0. The average Bonchev–Trinajstić information content (AvgIpc) is 3.13. The zero-order valence-electron chi connectivity index (χ0n) is 17.7. The number of aryl methyl sites for hydroxylation is 2. The molecule has 0 saturated heterocycles. The monoisotopic (exact) mass is 467 g/mol. The van der Waals surface area contributed by atoms with Crippen molar-refractivity contribution < 1.29 is 18.3 Å². The molecule has 0 aliphatic heterocycles. The summed E-state index contributed by atoms with van der Waals surface area (Å²) >= 11 is 1.25. The smallest absolute Gasteiger partial charge is 0.387 e. The number of anilines is 1. The fourth-order valence-electron chi connectivity index (χ4n) is 3.31. The molecule has 4 rings (SSSR count). The molecule has 2 aromatic carbocycles. The number of aromatic amines is 1. The molecule has 4 aromatic rings. The number of pyridine rings is 1. The summed E-state index contributed by atoms with van der Waals surface area (Å²) in [5, 5.41) is 2.98. The van der Waals surface area contributed by atoms with Crippen LogP contribution in [0.15, 0.2) is 65.5 Å². The maximum absolute atomic E-state index is 12.7. The molecular weight excluding hydrogens is 448 g/mol. The van der Waals surface area contributed by atoms with Crippen LogP contribution in [0.2, 0.25) is 0 Å². The molecule has 2 aromatic heterocycles. The molecule has 0 atom stereocenters. The van der Waals surface area contributed by atoms with Gasteiger partial charge in [0.15, 0.2) is 5.13 Å². The van der Waals surface area contributed by atoms with Crippen LogP contribution in [0.5, 0.6) is 5.75 Å². The summed E-state index contributed by atoms with van der Waals surface area (Å²) in [6.07, 6.45) is 0. The van der Waals surface area contributed by atoms with Gasteiger partial charge in [0.1, 0.15) is 11.3 Å². The Hall–Kier alpha value is -3.85. The van der Waals surface area contributed by atoms with Gasteiger partial charge in [-0.1, -0.05) is 23.8 Å². The molecule has 33 heavy (non-hydrogen) atoms. The Morgan fingerprint density at radius 2 is 1.82 bits per heavy atom. The Morgan fingerprint density at radius 1 is 1.06 bits per heavy atom. The molecule has 0 radical (unpaired) electrons. The molecule has 0 aliphatic carbocycles. The molecule has 0 aliphatic rings. The first-order chi connectivity index (χ1) is 15.8. The number of thiazole rings is 1. The Bertz CT molecular complexity index is 1360. The summed E-state index contributed by atoms with van der Waals surface area (Å²) in [6.45, 7) is 0.891. The highest BCUT2D eigenvalue weighted by Crippen LogP contribution is 2.31. The van der Waals surface area contributed by atoms with Crippen molar-refractivity contribution >= 4 is 22.4 Å². The van der Waals surface area contributed by atoms with E-state index >= 15 is 0 Å². The van der Waals surface area contributed by atoms with Crippen LogP contribution < -0.4 is 15.6 Å². The number of aromatic nitrogens is 2. The molecular formula is C24H19F2N3O3S. The minimum atomic E-state index is -2.90. The van der Waals surface area contributed by atoms with Crippen molar-refractivity contribution in [2.75, 3.05) is 5.32 Å². The minimum Gasteiger partial charge on any atom is -0.435 e. The van der Waals surface area contributed by atoms with E-state index in [0.29, 0.717) is 22.1 Å². The van der Waals surface area contributed by atoms with Gasteiger partial charge in [0, 0.05) is 16.1 Å². The van der Waals surface area contributed by atoms with Gasteiger partial charge in [0.05, 0.1) is 5.69 Å². The summed E-state index contributed by atoms with van der Waals surface area (Å²) in [5.41, 5.74) is 3.27. The Labute approximate surface area is 191 Å². The van der Waals surface area contributed by atoms with Crippen LogP contribution in [0.3, 0.4) is 0 Å². The number of amides is 1. The van der Waals surface area contributed by atoms with Crippen molar-refractivity contribution in [3.63, 3.8) is 0 Å². The lowest BCUT2D eigenvalue weighted by Gasteiger charge is -2.05. The number of halogens is 2. The van der Waals surface area contributed by atoms with Crippen molar-refractivity contribution in [3.05, 3.63) is 87.0 Å². The Balaban J connectivity index is 1.52. The zero-order chi connectivity index (χ0) is 23.5. The van der Waals surface area contributed by atoms with E-state index in [9.17, 15) is 18.4 Å². The number of nitrogens with one attached hydrogen (secondary N) is 2. The van der Waals surface area contributed by atoms with Crippen LogP contribution in [0.25, 0.3) is 22.5 Å². The number of hydrogen-bond donors (Lipinski definition) is 2. The number of ether oxygens (including phenoxy) is 1. The molecule has 0 unspecified atom stereocenters. The molecule has 9 heteroatoms. The van der Waals surface area contributed by atoms with E-state index in [4.69, 9.17) is 0 Å². The van der Waals surface area contributed by atoms with Crippen LogP contribution in [0.4, 0.5) is 13.9 Å². The highest BCUT2D eigenvalue weighted by atomic mass is 32.1. The third kappa shape index (κ3) is 5.15. The Morgan fingerprint density at radius 3 is 2.48 bits per heavy atom. The second-order valence-corrected chi connectivity index (χ2v) is 8.47. The van der Waals surface area contributed by atoms with Crippen LogP contribution in [-0.2, 0) is 0 Å². The van der Waals surface area contributed by atoms with E-state index in [-0.39, 0.29) is 11.3 Å². The van der Waals surface area contributed by atoms with Crippen molar-refractivity contribution in [2.45, 2.75) is 20.5 Å². The van der Waals surface area contributed by atoms with Gasteiger partial charge in [0.2, 0.25) is 0 Å². The lowest BCUT2D eigenvalue weighted by molar-refractivity contribution is -0.0498. The quantitative estimate of drug-likeness (QED) is 0.385. The second-order valence-electron chi connectivity index (χ2n) is 7.27. The topological polar surface area (TPSA) is 84.1 Å². The van der Waals surface area contributed by atoms with Gasteiger partial charge >= 0.3 is 6.61 Å². The molecule has 0 bridgehead atoms. The minimum absolute atomic E-state index is 0.0330. The predicted molar refractivity (Wildman–Crippen MR) is 124 cm³/mol. The summed E-state index contributed by atoms with van der Waals surface area (Å²) in [6, 6.07) is 16.9. The van der Waals surface area contributed by atoms with Gasteiger partial charge < -0.3 is 9.72 Å². The molecule has 2 heterocycles. The normalized spacial score (nSPS) is 10.9. The van der Waals surface area contributed by atoms with Crippen molar-refractivity contribution in [1.29, 1.82) is 0 Å². The van der Waals surface area contributed by atoms with E-state index in [1.807, 2.05) is 38.1 Å². The van der Waals surface area contributed by atoms with Gasteiger partial charge in [-0.25, -0.2) is 4.98 Å². The first kappa shape index (κ1) is 22.3. The highest BCUT2D eigenvalue weighted by molar-refractivity contribution is 7.16. The van der Waals surface area contributed by atoms with Gasteiger partial charge in [-0.05, 0) is 61.9 Å². The largest absolute Gasteiger partial charge is 0.435 e. The van der Waals surface area contributed by atoms with Gasteiger partial charge in [-0.15, -0.1) is 11.3 Å². The molecule has 0 fully saturated rings. The fraction of sp³-hybridized carbons (Fsp3) is 0.125. The number of alkyl halides is 2. The predicted octanol–water partition coefficient (Wildman–Crippen LogP) is 5.64. The third-order valence-corrected chi connectivity index (χ3v) is 5.74. The zero-order valence-corrected chi connectivity index (χ0v) is 18.5. The standard InChI is InChI=1S/C24H19F2N3O3S/c1-13-4-3-5-16(12-13)19-11-10-18(21(30)27-19)22(31)29-24-28-20(14(2)33-24)15-6-8-17(9-7-15)32-23(25)26/h3-12,23H,1-2H3,(H,27,30)(H,28,29,31). The molecule has 0 spiro atoms. The lowest BCUT2D eigenvalue weighted by atomic mass is 10.1. The molecule has 1 amide bonds. The van der Waals surface area contributed by atoms with Crippen molar-refractivity contribution in [1.82, 2.24) is 9.97 Å². The first-order valence-corrected chi connectivity index (χ1v) is 10.8. The number of nitrogens with zero attached hydrogens (tertiary/aromatic N) is 1. The van der Waals surface area contributed by atoms with Crippen LogP contribution in [0, 0.1) is 13.8 Å². The molecule has 0 saturated carbocycles. The number of carbonyl (C=O) groups is 1. The average molecular weight is 467 g/mol. The van der Waals surface area contributed by atoms with Crippen LogP contribution in [0.1, 0.15) is 20.8 Å². The Kier molecular flexibility index (Phi) is 6.32. The van der Waals surface area contributed by atoms with E-state index < -0.39 is 18.1 Å². The summed E-state index contributed by atoms with van der Waals surface area (Å²) in [7, 11) is 0. The van der Waals surface area contributed by atoms with Crippen molar-refractivity contribution in [3.8, 4) is 28.3 Å². The van der Waals surface area contributed by atoms with E-state index in [1.165, 1.54) is 29.5 Å². The summed E-state index contributed by atoms with van der Waals surface area (Å²) in [5.74, 6) is -0.531. The van der Waals surface area contributed by atoms with Crippen LogP contribution in [-0.4, -0.2) is 22.5 Å². The van der Waals surface area contributed by atoms with Crippen molar-refractivity contribution in [2.24, 2.45) is 0 Å². The molecule has 168 valence electrons. The third-order valence-electron chi connectivity index (χ3n) is 4.85. The maximum Gasteiger partial charge on any atom is 0.387 e. The molecule has 2 N–H and O–H groups in total. The highest BCUT2D eigenvalue weighted by Gasteiger charge is 2.16. The summed E-state index contributed by atoms with van der Waals surface area (Å²) in [4.78, 5) is 33.2. The second kappa shape index (κ2) is 9.33. The lowest BCUT2D eigenvalue weighted by Crippen LogP contribution is -2.23. The van der Waals surface area contributed by atoms with Gasteiger partial charge in [0.25, 0.3) is 11.5 Å². The number of benzene rings is 2.